The molecule has 2 N–H and O–H groups in total. The van der Waals surface area contributed by atoms with Crippen LogP contribution < -0.4 is 15.5 Å². The minimum Gasteiger partial charge on any atom is -0.369 e. The Labute approximate surface area is 192 Å². The highest BCUT2D eigenvalue weighted by Gasteiger charge is 2.22. The van der Waals surface area contributed by atoms with Crippen LogP contribution in [0.2, 0.25) is 0 Å². The molecule has 7 heteroatoms. The summed E-state index contributed by atoms with van der Waals surface area (Å²) in [5.74, 6) is -0.392. The molecule has 2 amide bonds. The summed E-state index contributed by atoms with van der Waals surface area (Å²) < 4.78 is 0. The number of benzene rings is 2. The monoisotopic (exact) mass is 448 g/mol. The van der Waals surface area contributed by atoms with Crippen molar-refractivity contribution in [1.29, 1.82) is 0 Å². The quantitative estimate of drug-likeness (QED) is 0.575. The first kappa shape index (κ1) is 22.0. The summed E-state index contributed by atoms with van der Waals surface area (Å²) in [6, 6.07) is 19.6. The maximum Gasteiger partial charge on any atom is 0.256 e. The molecule has 1 saturated heterocycles. The summed E-state index contributed by atoms with van der Waals surface area (Å²) in [6.45, 7) is 6.55. The summed E-state index contributed by atoms with van der Waals surface area (Å²) in [4.78, 5) is 30.1. The largest absolute Gasteiger partial charge is 0.369 e. The molecule has 6 nitrogen and oxygen atoms in total. The average Bonchev–Trinajstić information content (AvgIpc) is 3.39. The van der Waals surface area contributed by atoms with Crippen molar-refractivity contribution in [3.8, 4) is 0 Å². The molecule has 1 aromatic heterocycles. The highest BCUT2D eigenvalue weighted by atomic mass is 32.1. The number of nitrogens with zero attached hydrogens (tertiary/aromatic N) is 2. The number of amides is 2. The van der Waals surface area contributed by atoms with Crippen LogP contribution in [0.4, 0.5) is 11.4 Å². The Bertz CT molecular complexity index is 1030. The number of carbonyl (C=O) groups excluding carboxylic acids is 2. The Morgan fingerprint density at radius 1 is 0.938 bits per heavy atom. The van der Waals surface area contributed by atoms with E-state index in [9.17, 15) is 9.59 Å². The number of hydrogen-bond donors (Lipinski definition) is 2. The number of rotatable bonds is 7. The molecule has 0 saturated carbocycles. The van der Waals surface area contributed by atoms with E-state index < -0.39 is 0 Å². The second-order valence-electron chi connectivity index (χ2n) is 7.93. The predicted octanol–water partition coefficient (Wildman–Crippen LogP) is 3.94. The number of piperazine rings is 1. The van der Waals surface area contributed by atoms with Gasteiger partial charge in [-0.1, -0.05) is 30.3 Å². The molecule has 0 bridgehead atoms. The van der Waals surface area contributed by atoms with E-state index in [-0.39, 0.29) is 17.9 Å². The normalized spacial score (nSPS) is 15.2. The van der Waals surface area contributed by atoms with Gasteiger partial charge in [-0.2, -0.15) is 11.3 Å². The summed E-state index contributed by atoms with van der Waals surface area (Å²) in [6.07, 6.45) is 0. The molecule has 166 valence electrons. The molecule has 3 aromatic rings. The van der Waals surface area contributed by atoms with E-state index in [0.29, 0.717) is 23.4 Å². The maximum absolute atomic E-state index is 12.9. The fourth-order valence-corrected chi connectivity index (χ4v) is 4.54. The van der Waals surface area contributed by atoms with Crippen LogP contribution in [0, 0.1) is 0 Å². The van der Waals surface area contributed by atoms with Crippen molar-refractivity contribution in [1.82, 2.24) is 10.2 Å². The third-order valence-corrected chi connectivity index (χ3v) is 6.50. The molecule has 1 aliphatic heterocycles. The highest BCUT2D eigenvalue weighted by Crippen LogP contribution is 2.18. The lowest BCUT2D eigenvalue weighted by Crippen LogP contribution is -2.52. The van der Waals surface area contributed by atoms with Crippen molar-refractivity contribution < 1.29 is 9.59 Å². The van der Waals surface area contributed by atoms with Crippen LogP contribution in [-0.2, 0) is 0 Å². The third kappa shape index (κ3) is 5.36. The number of nitrogens with one attached hydrogen (secondary N) is 2. The van der Waals surface area contributed by atoms with Gasteiger partial charge in [0.15, 0.2) is 0 Å². The molecule has 1 aliphatic rings. The summed E-state index contributed by atoms with van der Waals surface area (Å²) in [5.41, 5.74) is 2.84. The second-order valence-corrected chi connectivity index (χ2v) is 8.71. The zero-order valence-electron chi connectivity index (χ0n) is 18.2. The van der Waals surface area contributed by atoms with Crippen molar-refractivity contribution in [3.05, 3.63) is 82.6 Å². The van der Waals surface area contributed by atoms with Gasteiger partial charge in [-0.15, -0.1) is 0 Å². The Morgan fingerprint density at radius 2 is 1.66 bits per heavy atom. The molecule has 0 radical (unpaired) electrons. The minimum absolute atomic E-state index is 0.180. The Morgan fingerprint density at radius 3 is 2.38 bits per heavy atom. The van der Waals surface area contributed by atoms with E-state index in [1.54, 1.807) is 29.6 Å². The first-order chi connectivity index (χ1) is 15.6. The van der Waals surface area contributed by atoms with Crippen LogP contribution in [0.1, 0.15) is 27.6 Å². The van der Waals surface area contributed by atoms with Crippen LogP contribution in [0.25, 0.3) is 0 Å². The minimum atomic E-state index is -0.212. The van der Waals surface area contributed by atoms with E-state index in [1.165, 1.54) is 17.0 Å². The van der Waals surface area contributed by atoms with E-state index in [0.717, 1.165) is 26.2 Å². The predicted molar refractivity (Wildman–Crippen MR) is 131 cm³/mol. The first-order valence-corrected chi connectivity index (χ1v) is 11.8. The fraction of sp³-hybridized carbons (Fsp3) is 0.280. The van der Waals surface area contributed by atoms with Crippen molar-refractivity contribution in [2.75, 3.05) is 42.9 Å². The standard InChI is InChI=1S/C25H28N4O2S/c1-19(28-12-14-29(15-13-28)21-7-3-2-4-8-21)17-26-25(31)22-9-5-6-10-23(22)27-24(30)20-11-16-32-18-20/h2-11,16,18-19H,12-15,17H2,1H3,(H,26,31)(H,27,30). The molecule has 32 heavy (non-hydrogen) atoms. The number of para-hydroxylation sites is 2. The van der Waals surface area contributed by atoms with Gasteiger partial charge < -0.3 is 15.5 Å². The smallest absolute Gasteiger partial charge is 0.256 e. The number of carbonyl (C=O) groups is 2. The second kappa shape index (κ2) is 10.4. The molecular formula is C25H28N4O2S. The lowest BCUT2D eigenvalue weighted by Gasteiger charge is -2.39. The molecule has 2 aromatic carbocycles. The van der Waals surface area contributed by atoms with Crippen LogP contribution >= 0.6 is 11.3 Å². The fourth-order valence-electron chi connectivity index (χ4n) is 3.90. The van der Waals surface area contributed by atoms with E-state index in [4.69, 9.17) is 0 Å². The number of thiophene rings is 1. The number of anilines is 2. The lowest BCUT2D eigenvalue weighted by atomic mass is 10.1. The lowest BCUT2D eigenvalue weighted by molar-refractivity contribution is 0.0935. The average molecular weight is 449 g/mol. The van der Waals surface area contributed by atoms with Gasteiger partial charge in [0, 0.05) is 49.8 Å². The Kier molecular flexibility index (Phi) is 7.19. The van der Waals surface area contributed by atoms with Crippen molar-refractivity contribution in [2.24, 2.45) is 0 Å². The third-order valence-electron chi connectivity index (χ3n) is 5.82. The van der Waals surface area contributed by atoms with Gasteiger partial charge in [0.2, 0.25) is 0 Å². The molecule has 0 aliphatic carbocycles. The summed E-state index contributed by atoms with van der Waals surface area (Å²) in [5, 5.41) is 9.54. The SMILES string of the molecule is CC(CNC(=O)c1ccccc1NC(=O)c1ccsc1)N1CCN(c2ccccc2)CC1. The molecule has 1 atom stereocenters. The molecule has 0 spiro atoms. The van der Waals surface area contributed by atoms with Crippen molar-refractivity contribution >= 4 is 34.5 Å². The topological polar surface area (TPSA) is 64.7 Å². The zero-order chi connectivity index (χ0) is 22.3. The van der Waals surface area contributed by atoms with Gasteiger partial charge in [-0.25, -0.2) is 0 Å². The van der Waals surface area contributed by atoms with Gasteiger partial charge in [-0.05, 0) is 42.6 Å². The van der Waals surface area contributed by atoms with Crippen LogP contribution in [0.3, 0.4) is 0 Å². The molecule has 2 heterocycles. The highest BCUT2D eigenvalue weighted by molar-refractivity contribution is 7.08. The van der Waals surface area contributed by atoms with Crippen molar-refractivity contribution in [3.63, 3.8) is 0 Å². The van der Waals surface area contributed by atoms with Crippen LogP contribution in [0.15, 0.2) is 71.4 Å². The zero-order valence-corrected chi connectivity index (χ0v) is 19.0. The van der Waals surface area contributed by atoms with Crippen LogP contribution in [-0.4, -0.2) is 55.5 Å². The van der Waals surface area contributed by atoms with E-state index in [1.807, 2.05) is 17.5 Å². The first-order valence-electron chi connectivity index (χ1n) is 10.9. The Hall–Kier alpha value is -3.16. The molecule has 4 rings (SSSR count). The Balaban J connectivity index is 1.30. The van der Waals surface area contributed by atoms with E-state index >= 15 is 0 Å². The maximum atomic E-state index is 12.9. The summed E-state index contributed by atoms with van der Waals surface area (Å²) in [7, 11) is 0. The van der Waals surface area contributed by atoms with Gasteiger partial charge in [0.05, 0.1) is 16.8 Å². The number of hydrogen-bond acceptors (Lipinski definition) is 5. The van der Waals surface area contributed by atoms with Gasteiger partial charge in [-0.3, -0.25) is 14.5 Å². The molecule has 1 fully saturated rings. The van der Waals surface area contributed by atoms with E-state index in [2.05, 4.69) is 51.6 Å². The molecular weight excluding hydrogens is 420 g/mol. The van der Waals surface area contributed by atoms with Crippen LogP contribution in [0.5, 0.6) is 0 Å². The van der Waals surface area contributed by atoms with Gasteiger partial charge in [0.1, 0.15) is 0 Å². The van der Waals surface area contributed by atoms with Gasteiger partial charge >= 0.3 is 0 Å². The summed E-state index contributed by atoms with van der Waals surface area (Å²) >= 11 is 1.46. The molecule has 1 unspecified atom stereocenters. The van der Waals surface area contributed by atoms with Crippen molar-refractivity contribution in [2.45, 2.75) is 13.0 Å². The van der Waals surface area contributed by atoms with Gasteiger partial charge in [0.25, 0.3) is 11.8 Å².